The lowest BCUT2D eigenvalue weighted by atomic mass is 9.78. The molecule has 1 aliphatic heterocycles. The predicted octanol–water partition coefficient (Wildman–Crippen LogP) is 3.83. The highest BCUT2D eigenvalue weighted by molar-refractivity contribution is 9.10. The summed E-state index contributed by atoms with van der Waals surface area (Å²) in [6, 6.07) is 5.96. The maximum Gasteiger partial charge on any atom is 0.254 e. The number of fused-ring (bicyclic) bond motifs is 1. The summed E-state index contributed by atoms with van der Waals surface area (Å²) in [6.07, 6.45) is 7.49. The third-order valence-corrected chi connectivity index (χ3v) is 5.44. The molecular weight excluding hydrogens is 316 g/mol. The summed E-state index contributed by atoms with van der Waals surface area (Å²) in [5.41, 5.74) is 7.23. The first-order valence-electron chi connectivity index (χ1n) is 7.53. The zero-order chi connectivity index (χ0) is 14.1. The van der Waals surface area contributed by atoms with E-state index in [0.29, 0.717) is 11.7 Å². The molecule has 4 heteroatoms. The molecule has 1 saturated heterocycles. The molecule has 1 aromatic rings. The zero-order valence-corrected chi connectivity index (χ0v) is 13.2. The summed E-state index contributed by atoms with van der Waals surface area (Å²) in [4.78, 5) is 14.9. The Balaban J connectivity index is 1.83. The van der Waals surface area contributed by atoms with Crippen molar-refractivity contribution in [2.24, 2.45) is 5.92 Å². The fraction of sp³-hybridized carbons (Fsp3) is 0.562. The van der Waals surface area contributed by atoms with Crippen molar-refractivity contribution in [1.82, 2.24) is 4.90 Å². The average Bonchev–Trinajstić information content (AvgIpc) is 2.49. The van der Waals surface area contributed by atoms with Crippen LogP contribution in [0.1, 0.15) is 48.9 Å². The van der Waals surface area contributed by atoms with E-state index in [-0.39, 0.29) is 5.91 Å². The molecule has 1 saturated carbocycles. The summed E-state index contributed by atoms with van der Waals surface area (Å²) < 4.78 is 0.806. The van der Waals surface area contributed by atoms with Gasteiger partial charge in [0.15, 0.2) is 0 Å². The molecule has 2 fully saturated rings. The monoisotopic (exact) mass is 336 g/mol. The van der Waals surface area contributed by atoms with Crippen molar-refractivity contribution in [1.29, 1.82) is 0 Å². The number of benzene rings is 1. The number of likely N-dealkylation sites (tertiary alicyclic amines) is 1. The fourth-order valence-corrected chi connectivity index (χ4v) is 4.08. The van der Waals surface area contributed by atoms with Crippen LogP contribution in [0.25, 0.3) is 0 Å². The first-order chi connectivity index (χ1) is 9.66. The Morgan fingerprint density at radius 2 is 1.95 bits per heavy atom. The van der Waals surface area contributed by atoms with E-state index in [2.05, 4.69) is 20.8 Å². The normalized spacial score (nSPS) is 26.1. The molecule has 0 radical (unpaired) electrons. The van der Waals surface area contributed by atoms with Crippen molar-refractivity contribution in [3.63, 3.8) is 0 Å². The van der Waals surface area contributed by atoms with E-state index in [1.165, 1.54) is 32.1 Å². The van der Waals surface area contributed by atoms with Crippen molar-refractivity contribution in [2.45, 2.75) is 44.6 Å². The molecule has 2 aliphatic rings. The molecule has 2 N–H and O–H groups in total. The Morgan fingerprint density at radius 3 is 2.75 bits per heavy atom. The van der Waals surface area contributed by atoms with Crippen LogP contribution in [0.2, 0.25) is 0 Å². The molecule has 2 unspecified atom stereocenters. The molecule has 1 aromatic carbocycles. The first-order valence-corrected chi connectivity index (χ1v) is 8.32. The number of rotatable bonds is 1. The fourth-order valence-electron chi connectivity index (χ4n) is 3.70. The predicted molar refractivity (Wildman–Crippen MR) is 84.6 cm³/mol. The number of nitrogens with two attached hydrogens (primary N) is 1. The van der Waals surface area contributed by atoms with Crippen LogP contribution in [0.4, 0.5) is 5.69 Å². The number of hydrogen-bond donors (Lipinski definition) is 1. The summed E-state index contributed by atoms with van der Waals surface area (Å²) in [5.74, 6) is 0.890. The Bertz CT molecular complexity index is 515. The molecule has 108 valence electrons. The van der Waals surface area contributed by atoms with Crippen LogP contribution < -0.4 is 5.73 Å². The van der Waals surface area contributed by atoms with Crippen molar-refractivity contribution in [2.75, 3.05) is 12.3 Å². The minimum Gasteiger partial charge on any atom is -0.398 e. The summed E-state index contributed by atoms with van der Waals surface area (Å²) in [6.45, 7) is 0.905. The van der Waals surface area contributed by atoms with Gasteiger partial charge in [-0.25, -0.2) is 0 Å². The third kappa shape index (κ3) is 2.58. The highest BCUT2D eigenvalue weighted by atomic mass is 79.9. The minimum atomic E-state index is 0.169. The second kappa shape index (κ2) is 5.76. The van der Waals surface area contributed by atoms with Gasteiger partial charge in [0, 0.05) is 28.3 Å². The Labute approximate surface area is 128 Å². The number of piperidine rings is 1. The Hall–Kier alpha value is -1.03. The second-order valence-electron chi connectivity index (χ2n) is 5.99. The van der Waals surface area contributed by atoms with Gasteiger partial charge < -0.3 is 10.6 Å². The summed E-state index contributed by atoms with van der Waals surface area (Å²) in [7, 11) is 0. The van der Waals surface area contributed by atoms with Crippen LogP contribution in [0, 0.1) is 5.92 Å². The van der Waals surface area contributed by atoms with E-state index >= 15 is 0 Å². The van der Waals surface area contributed by atoms with E-state index in [9.17, 15) is 4.79 Å². The van der Waals surface area contributed by atoms with Gasteiger partial charge in [-0.15, -0.1) is 0 Å². The molecule has 1 heterocycles. The smallest absolute Gasteiger partial charge is 0.254 e. The van der Waals surface area contributed by atoms with Gasteiger partial charge >= 0.3 is 0 Å². The van der Waals surface area contributed by atoms with Crippen molar-refractivity contribution < 1.29 is 4.79 Å². The minimum absolute atomic E-state index is 0.169. The largest absolute Gasteiger partial charge is 0.398 e. The van der Waals surface area contributed by atoms with Gasteiger partial charge in [0.05, 0.1) is 0 Å². The van der Waals surface area contributed by atoms with Gasteiger partial charge in [0.2, 0.25) is 0 Å². The van der Waals surface area contributed by atoms with E-state index < -0.39 is 0 Å². The average molecular weight is 337 g/mol. The number of carbonyl (C=O) groups excluding carboxylic acids is 1. The van der Waals surface area contributed by atoms with Crippen LogP contribution >= 0.6 is 15.9 Å². The lowest BCUT2D eigenvalue weighted by Gasteiger charge is -2.44. The summed E-state index contributed by atoms with van der Waals surface area (Å²) in [5, 5.41) is 0. The maximum absolute atomic E-state index is 12.8. The van der Waals surface area contributed by atoms with E-state index in [1.54, 1.807) is 6.07 Å². The van der Waals surface area contributed by atoms with Gasteiger partial charge in [-0.2, -0.15) is 0 Å². The SMILES string of the molecule is Nc1ccc(C(=O)N2CCCC3CCCCC32)cc1Br. The van der Waals surface area contributed by atoms with Gasteiger partial charge in [0.1, 0.15) is 0 Å². The highest BCUT2D eigenvalue weighted by Crippen LogP contribution is 2.36. The molecule has 3 nitrogen and oxygen atoms in total. The van der Waals surface area contributed by atoms with Gasteiger partial charge in [-0.3, -0.25) is 4.79 Å². The van der Waals surface area contributed by atoms with E-state index in [1.807, 2.05) is 12.1 Å². The molecule has 20 heavy (non-hydrogen) atoms. The number of nitrogen functional groups attached to an aromatic ring is 1. The molecular formula is C16H21BrN2O. The zero-order valence-electron chi connectivity index (χ0n) is 11.6. The topological polar surface area (TPSA) is 46.3 Å². The van der Waals surface area contributed by atoms with Gasteiger partial charge in [0.25, 0.3) is 5.91 Å². The number of hydrogen-bond acceptors (Lipinski definition) is 2. The van der Waals surface area contributed by atoms with Crippen molar-refractivity contribution in [3.8, 4) is 0 Å². The van der Waals surface area contributed by atoms with Crippen LogP contribution in [0.5, 0.6) is 0 Å². The van der Waals surface area contributed by atoms with Crippen LogP contribution in [-0.4, -0.2) is 23.4 Å². The number of anilines is 1. The van der Waals surface area contributed by atoms with Crippen LogP contribution in [-0.2, 0) is 0 Å². The molecule has 0 aromatic heterocycles. The first kappa shape index (κ1) is 13.9. The highest BCUT2D eigenvalue weighted by Gasteiger charge is 2.35. The van der Waals surface area contributed by atoms with Crippen LogP contribution in [0.3, 0.4) is 0 Å². The lowest BCUT2D eigenvalue weighted by molar-refractivity contribution is 0.0390. The van der Waals surface area contributed by atoms with E-state index in [0.717, 1.165) is 28.9 Å². The van der Waals surface area contributed by atoms with Crippen LogP contribution in [0.15, 0.2) is 22.7 Å². The third-order valence-electron chi connectivity index (χ3n) is 4.75. The molecule has 3 rings (SSSR count). The second-order valence-corrected chi connectivity index (χ2v) is 6.84. The lowest BCUT2D eigenvalue weighted by Crippen LogP contribution is -2.49. The molecule has 1 amide bonds. The maximum atomic E-state index is 12.8. The van der Waals surface area contributed by atoms with Gasteiger partial charge in [-0.05, 0) is 65.7 Å². The number of nitrogens with zero attached hydrogens (tertiary/aromatic N) is 1. The number of amides is 1. The molecule has 2 atom stereocenters. The van der Waals surface area contributed by atoms with Crippen molar-refractivity contribution >= 4 is 27.5 Å². The number of carbonyl (C=O) groups is 1. The van der Waals surface area contributed by atoms with Crippen molar-refractivity contribution in [3.05, 3.63) is 28.2 Å². The number of halogens is 1. The van der Waals surface area contributed by atoms with E-state index in [4.69, 9.17) is 5.73 Å². The Kier molecular flexibility index (Phi) is 4.01. The quantitative estimate of drug-likeness (QED) is 0.792. The Morgan fingerprint density at radius 1 is 1.20 bits per heavy atom. The van der Waals surface area contributed by atoms with Gasteiger partial charge in [-0.1, -0.05) is 12.8 Å². The molecule has 0 bridgehead atoms. The molecule has 0 spiro atoms. The molecule has 1 aliphatic carbocycles. The standard InChI is InChI=1S/C16H21BrN2O/c17-13-10-12(7-8-14(13)18)16(20)19-9-3-5-11-4-1-2-6-15(11)19/h7-8,10-11,15H,1-6,9,18H2. The summed E-state index contributed by atoms with van der Waals surface area (Å²) >= 11 is 3.41.